The highest BCUT2D eigenvalue weighted by Gasteiger charge is 2.30. The molecule has 0 aromatic heterocycles. The van der Waals surface area contributed by atoms with Crippen molar-refractivity contribution in [2.75, 3.05) is 10.6 Å². The zero-order valence-corrected chi connectivity index (χ0v) is 15.2. The first kappa shape index (κ1) is 18.9. The van der Waals surface area contributed by atoms with Crippen LogP contribution in [0.25, 0.3) is 0 Å². The lowest BCUT2D eigenvalue weighted by atomic mass is 10.2. The molecule has 0 aliphatic carbocycles. The molecular weight excluding hydrogens is 371 g/mol. The van der Waals surface area contributed by atoms with Gasteiger partial charge < -0.3 is 15.4 Å². The Balaban J connectivity index is 1.53. The minimum Gasteiger partial charge on any atom is -0.452 e. The van der Waals surface area contributed by atoms with E-state index in [0.29, 0.717) is 11.4 Å². The van der Waals surface area contributed by atoms with E-state index in [4.69, 9.17) is 4.74 Å². The molecule has 0 radical (unpaired) electrons. The second-order valence-electron chi connectivity index (χ2n) is 5.92. The first-order valence-electron chi connectivity index (χ1n) is 8.25. The molecule has 8 heteroatoms. The molecule has 2 amide bonds. The van der Waals surface area contributed by atoms with Crippen LogP contribution in [-0.2, 0) is 19.1 Å². The van der Waals surface area contributed by atoms with Gasteiger partial charge in [0.05, 0.1) is 17.4 Å². The number of esters is 1. The Morgan fingerprint density at radius 1 is 1.22 bits per heavy atom. The topological polar surface area (TPSA) is 84.5 Å². The fourth-order valence-electron chi connectivity index (χ4n) is 2.45. The smallest absolute Gasteiger partial charge is 0.308 e. The molecule has 2 aromatic rings. The number of amides is 2. The first-order valence-corrected chi connectivity index (χ1v) is 9.13. The van der Waals surface area contributed by atoms with Crippen LogP contribution in [0.1, 0.15) is 13.3 Å². The van der Waals surface area contributed by atoms with Gasteiger partial charge in [-0.15, -0.1) is 11.8 Å². The van der Waals surface area contributed by atoms with Crippen molar-refractivity contribution < 1.29 is 23.5 Å². The van der Waals surface area contributed by atoms with Gasteiger partial charge in [0.25, 0.3) is 5.91 Å². The molecule has 0 spiro atoms. The van der Waals surface area contributed by atoms with Crippen LogP contribution >= 0.6 is 11.8 Å². The average Bonchev–Trinajstić information content (AvgIpc) is 2.64. The van der Waals surface area contributed by atoms with Gasteiger partial charge in [-0.2, -0.15) is 0 Å². The number of anilines is 2. The van der Waals surface area contributed by atoms with Crippen LogP contribution in [-0.4, -0.2) is 29.1 Å². The van der Waals surface area contributed by atoms with Crippen LogP contribution < -0.4 is 10.6 Å². The molecule has 27 heavy (non-hydrogen) atoms. The molecule has 2 N–H and O–H groups in total. The number of hydrogen-bond acceptors (Lipinski definition) is 5. The van der Waals surface area contributed by atoms with E-state index in [1.54, 1.807) is 6.07 Å². The van der Waals surface area contributed by atoms with Crippen molar-refractivity contribution in [3.05, 3.63) is 54.3 Å². The summed E-state index contributed by atoms with van der Waals surface area (Å²) in [5, 5.41) is 4.66. The lowest BCUT2D eigenvalue weighted by molar-refractivity contribution is -0.153. The number of para-hydroxylation sites is 1. The van der Waals surface area contributed by atoms with Crippen LogP contribution in [0.2, 0.25) is 0 Å². The van der Waals surface area contributed by atoms with Crippen molar-refractivity contribution in [1.29, 1.82) is 0 Å². The minimum absolute atomic E-state index is 0.154. The Bertz CT molecular complexity index is 872. The van der Waals surface area contributed by atoms with Gasteiger partial charge in [0.1, 0.15) is 5.82 Å². The fourth-order valence-corrected chi connectivity index (χ4v) is 3.55. The number of rotatable bonds is 5. The zero-order valence-electron chi connectivity index (χ0n) is 14.4. The third kappa shape index (κ3) is 4.85. The quantitative estimate of drug-likeness (QED) is 0.769. The molecule has 0 saturated heterocycles. The molecule has 2 atom stereocenters. The molecule has 0 fully saturated rings. The van der Waals surface area contributed by atoms with E-state index < -0.39 is 29.0 Å². The van der Waals surface area contributed by atoms with Gasteiger partial charge in [0.15, 0.2) is 6.10 Å². The highest BCUT2D eigenvalue weighted by molar-refractivity contribution is 8.01. The SMILES string of the molecule is C[C@H](OC(=O)C[C@H]1Sc2ccccc2NC1=O)C(=O)Nc1ccc(F)cc1. The van der Waals surface area contributed by atoms with Crippen LogP contribution in [0.15, 0.2) is 53.4 Å². The molecular formula is C19H17FN2O4S. The van der Waals surface area contributed by atoms with Crippen molar-refractivity contribution in [3.63, 3.8) is 0 Å². The third-order valence-corrected chi connectivity index (χ3v) is 5.12. The fraction of sp³-hybridized carbons (Fsp3) is 0.211. The summed E-state index contributed by atoms with van der Waals surface area (Å²) in [4.78, 5) is 37.2. The van der Waals surface area contributed by atoms with Gasteiger partial charge in [0.2, 0.25) is 5.91 Å². The summed E-state index contributed by atoms with van der Waals surface area (Å²) in [7, 11) is 0. The maximum atomic E-state index is 12.9. The molecule has 3 rings (SSSR count). The lowest BCUT2D eigenvalue weighted by Crippen LogP contribution is -2.34. The predicted octanol–water partition coefficient (Wildman–Crippen LogP) is 3.20. The Hall–Kier alpha value is -2.87. The molecule has 0 unspecified atom stereocenters. The molecule has 0 bridgehead atoms. The summed E-state index contributed by atoms with van der Waals surface area (Å²) in [6, 6.07) is 12.5. The van der Waals surface area contributed by atoms with Gasteiger partial charge in [-0.1, -0.05) is 12.1 Å². The molecule has 1 aliphatic heterocycles. The van der Waals surface area contributed by atoms with Crippen molar-refractivity contribution in [3.8, 4) is 0 Å². The number of carbonyl (C=O) groups excluding carboxylic acids is 3. The monoisotopic (exact) mass is 388 g/mol. The lowest BCUT2D eigenvalue weighted by Gasteiger charge is -2.23. The Kier molecular flexibility index (Phi) is 5.75. The van der Waals surface area contributed by atoms with Crippen molar-refractivity contribution in [2.45, 2.75) is 29.6 Å². The molecule has 1 heterocycles. The number of carbonyl (C=O) groups is 3. The zero-order chi connectivity index (χ0) is 19.4. The number of hydrogen-bond donors (Lipinski definition) is 2. The van der Waals surface area contributed by atoms with Gasteiger partial charge in [-0.3, -0.25) is 14.4 Å². The highest BCUT2D eigenvalue weighted by atomic mass is 32.2. The summed E-state index contributed by atoms with van der Waals surface area (Å²) >= 11 is 1.28. The van der Waals surface area contributed by atoms with Crippen LogP contribution in [0.3, 0.4) is 0 Å². The van der Waals surface area contributed by atoms with Gasteiger partial charge >= 0.3 is 5.97 Å². The Morgan fingerprint density at radius 2 is 1.93 bits per heavy atom. The van der Waals surface area contributed by atoms with E-state index in [1.807, 2.05) is 18.2 Å². The van der Waals surface area contributed by atoms with Crippen molar-refractivity contribution in [1.82, 2.24) is 0 Å². The molecule has 1 aliphatic rings. The standard InChI is InChI=1S/C19H17FN2O4S/c1-11(18(24)21-13-8-6-12(20)7-9-13)26-17(23)10-16-19(25)22-14-4-2-3-5-15(14)27-16/h2-9,11,16H,10H2,1H3,(H,21,24)(H,22,25)/t11-,16+/m0/s1. The van der Waals surface area contributed by atoms with Gasteiger partial charge in [0, 0.05) is 10.6 Å². The highest BCUT2D eigenvalue weighted by Crippen LogP contribution is 2.36. The van der Waals surface area contributed by atoms with E-state index in [2.05, 4.69) is 10.6 Å². The van der Waals surface area contributed by atoms with Crippen molar-refractivity contribution >= 4 is 40.9 Å². The molecule has 2 aromatic carbocycles. The maximum absolute atomic E-state index is 12.9. The van der Waals surface area contributed by atoms with Gasteiger partial charge in [-0.25, -0.2) is 4.39 Å². The molecule has 0 saturated carbocycles. The second kappa shape index (κ2) is 8.22. The number of nitrogens with one attached hydrogen (secondary N) is 2. The van der Waals surface area contributed by atoms with Crippen LogP contribution in [0, 0.1) is 5.82 Å². The number of ether oxygens (including phenoxy) is 1. The third-order valence-electron chi connectivity index (χ3n) is 3.85. The first-order chi connectivity index (χ1) is 12.9. The van der Waals surface area contributed by atoms with Crippen LogP contribution in [0.4, 0.5) is 15.8 Å². The summed E-state index contributed by atoms with van der Waals surface area (Å²) in [6.07, 6.45) is -1.20. The van der Waals surface area contributed by atoms with Crippen molar-refractivity contribution in [2.24, 2.45) is 0 Å². The molecule has 6 nitrogen and oxygen atoms in total. The number of fused-ring (bicyclic) bond motifs is 1. The summed E-state index contributed by atoms with van der Waals surface area (Å²) < 4.78 is 18.0. The number of halogens is 1. The maximum Gasteiger partial charge on any atom is 0.308 e. The van der Waals surface area contributed by atoms with Gasteiger partial charge in [-0.05, 0) is 43.3 Å². The molecule has 140 valence electrons. The minimum atomic E-state index is -1.05. The van der Waals surface area contributed by atoms with E-state index in [1.165, 1.54) is 43.0 Å². The summed E-state index contributed by atoms with van der Waals surface area (Å²) in [6.45, 7) is 1.43. The van der Waals surface area contributed by atoms with E-state index in [9.17, 15) is 18.8 Å². The van der Waals surface area contributed by atoms with E-state index in [0.717, 1.165) is 4.90 Å². The predicted molar refractivity (Wildman–Crippen MR) is 99.9 cm³/mol. The number of thioether (sulfide) groups is 1. The number of benzene rings is 2. The summed E-state index contributed by atoms with van der Waals surface area (Å²) in [5.74, 6) is -1.89. The normalized spacial score (nSPS) is 16.7. The van der Waals surface area contributed by atoms with E-state index >= 15 is 0 Å². The summed E-state index contributed by atoms with van der Waals surface area (Å²) in [5.41, 5.74) is 1.10. The largest absolute Gasteiger partial charge is 0.452 e. The second-order valence-corrected chi connectivity index (χ2v) is 7.17. The average molecular weight is 388 g/mol. The Morgan fingerprint density at radius 3 is 2.67 bits per heavy atom. The van der Waals surface area contributed by atoms with Crippen LogP contribution in [0.5, 0.6) is 0 Å². The van der Waals surface area contributed by atoms with E-state index in [-0.39, 0.29) is 12.3 Å². The Labute approximate surface area is 159 Å².